The van der Waals surface area contributed by atoms with Gasteiger partial charge >= 0.3 is 0 Å². The molecule has 0 saturated carbocycles. The molecule has 0 N–H and O–H groups in total. The summed E-state index contributed by atoms with van der Waals surface area (Å²) in [6.07, 6.45) is 4.70. The van der Waals surface area contributed by atoms with Crippen molar-refractivity contribution in [3.8, 4) is 5.69 Å². The van der Waals surface area contributed by atoms with Crippen LogP contribution in [-0.2, 0) is 0 Å². The molecule has 3 rings (SSSR count). The molecule has 8 heteroatoms. The van der Waals surface area contributed by atoms with Gasteiger partial charge in [-0.05, 0) is 26.0 Å². The van der Waals surface area contributed by atoms with Crippen LogP contribution in [0, 0.1) is 24.0 Å². The number of aromatic nitrogens is 4. The standard InChI is InChI=1S/C15H14N6O2/c1-11-6-13(8-18-19-9-16-17-10-19)12(2)20(11)14-4-3-5-15(7-14)21(22)23/h3-10H,1-2H3/b18-8-. The van der Waals surface area contributed by atoms with E-state index in [1.54, 1.807) is 18.3 Å². The molecule has 0 saturated heterocycles. The van der Waals surface area contributed by atoms with E-state index in [1.165, 1.54) is 23.4 Å². The van der Waals surface area contributed by atoms with Gasteiger partial charge in [-0.2, -0.15) is 5.10 Å². The van der Waals surface area contributed by atoms with Crippen molar-refractivity contribution in [2.45, 2.75) is 13.8 Å². The summed E-state index contributed by atoms with van der Waals surface area (Å²) < 4.78 is 3.46. The molecule has 0 radical (unpaired) electrons. The highest BCUT2D eigenvalue weighted by atomic mass is 16.6. The van der Waals surface area contributed by atoms with Gasteiger partial charge in [0, 0.05) is 29.1 Å². The summed E-state index contributed by atoms with van der Waals surface area (Å²) in [6, 6.07) is 8.53. The van der Waals surface area contributed by atoms with E-state index in [1.807, 2.05) is 30.5 Å². The third-order valence-electron chi connectivity index (χ3n) is 3.51. The summed E-state index contributed by atoms with van der Waals surface area (Å²) in [7, 11) is 0. The minimum atomic E-state index is -0.397. The van der Waals surface area contributed by atoms with Gasteiger partial charge in [-0.25, -0.2) is 4.68 Å². The molecular weight excluding hydrogens is 296 g/mol. The number of aryl methyl sites for hydroxylation is 1. The van der Waals surface area contributed by atoms with Crippen molar-refractivity contribution >= 4 is 11.9 Å². The Hall–Kier alpha value is -3.29. The highest BCUT2D eigenvalue weighted by Gasteiger charge is 2.12. The first-order valence-corrected chi connectivity index (χ1v) is 6.89. The summed E-state index contributed by atoms with van der Waals surface area (Å²) in [6.45, 7) is 3.89. The lowest BCUT2D eigenvalue weighted by atomic mass is 10.2. The van der Waals surface area contributed by atoms with Gasteiger partial charge < -0.3 is 4.57 Å². The Bertz CT molecular complexity index is 880. The Morgan fingerprint density at radius 2 is 1.96 bits per heavy atom. The molecule has 2 heterocycles. The summed E-state index contributed by atoms with van der Waals surface area (Å²) in [5.74, 6) is 0. The second kappa shape index (κ2) is 5.84. The van der Waals surface area contributed by atoms with Crippen molar-refractivity contribution in [2.75, 3.05) is 0 Å². The number of hydrogen-bond acceptors (Lipinski definition) is 5. The van der Waals surface area contributed by atoms with Crippen LogP contribution in [0.4, 0.5) is 5.69 Å². The van der Waals surface area contributed by atoms with Gasteiger partial charge in [0.15, 0.2) is 0 Å². The van der Waals surface area contributed by atoms with Gasteiger partial charge in [-0.1, -0.05) is 6.07 Å². The lowest BCUT2D eigenvalue weighted by molar-refractivity contribution is -0.384. The summed E-state index contributed by atoms with van der Waals surface area (Å²) in [5.41, 5.74) is 3.64. The van der Waals surface area contributed by atoms with Crippen LogP contribution in [0.3, 0.4) is 0 Å². The molecule has 0 aliphatic rings. The second-order valence-electron chi connectivity index (χ2n) is 5.03. The molecule has 0 spiro atoms. The maximum absolute atomic E-state index is 11.0. The first kappa shape index (κ1) is 14.6. The van der Waals surface area contributed by atoms with E-state index in [0.29, 0.717) is 0 Å². The van der Waals surface area contributed by atoms with Crippen LogP contribution in [0.15, 0.2) is 48.1 Å². The minimum absolute atomic E-state index is 0.0645. The molecule has 8 nitrogen and oxygen atoms in total. The fourth-order valence-electron chi connectivity index (χ4n) is 2.45. The van der Waals surface area contributed by atoms with Crippen LogP contribution in [0.5, 0.6) is 0 Å². The topological polar surface area (TPSA) is 91.1 Å². The molecule has 116 valence electrons. The van der Waals surface area contributed by atoms with Gasteiger partial charge in [0.25, 0.3) is 5.69 Å². The number of benzene rings is 1. The van der Waals surface area contributed by atoms with Crippen molar-refractivity contribution in [3.05, 3.63) is 70.1 Å². The van der Waals surface area contributed by atoms with E-state index in [2.05, 4.69) is 15.3 Å². The highest BCUT2D eigenvalue weighted by molar-refractivity contribution is 5.82. The Kier molecular flexibility index (Phi) is 3.71. The lowest BCUT2D eigenvalue weighted by Gasteiger charge is -2.09. The average Bonchev–Trinajstić information content (AvgIpc) is 3.13. The summed E-state index contributed by atoms with van der Waals surface area (Å²) in [5, 5.41) is 22.6. The molecule has 0 atom stereocenters. The molecular formula is C15H14N6O2. The van der Waals surface area contributed by atoms with Crippen molar-refractivity contribution in [1.29, 1.82) is 0 Å². The lowest BCUT2D eigenvalue weighted by Crippen LogP contribution is -2.00. The van der Waals surface area contributed by atoms with E-state index in [4.69, 9.17) is 0 Å². The van der Waals surface area contributed by atoms with Crippen LogP contribution in [-0.4, -0.2) is 30.6 Å². The number of hydrogen-bond donors (Lipinski definition) is 0. The van der Waals surface area contributed by atoms with Crippen LogP contribution < -0.4 is 0 Å². The number of nitro benzene ring substituents is 1. The van der Waals surface area contributed by atoms with E-state index in [9.17, 15) is 10.1 Å². The Morgan fingerprint density at radius 3 is 2.65 bits per heavy atom. The van der Waals surface area contributed by atoms with Crippen LogP contribution in [0.2, 0.25) is 0 Å². The van der Waals surface area contributed by atoms with Crippen molar-refractivity contribution < 1.29 is 4.92 Å². The molecule has 0 unspecified atom stereocenters. The molecule has 23 heavy (non-hydrogen) atoms. The van der Waals surface area contributed by atoms with Crippen molar-refractivity contribution in [3.63, 3.8) is 0 Å². The van der Waals surface area contributed by atoms with E-state index in [0.717, 1.165) is 22.6 Å². The zero-order chi connectivity index (χ0) is 16.4. The average molecular weight is 310 g/mol. The normalized spacial score (nSPS) is 11.2. The predicted octanol–water partition coefficient (Wildman–Crippen LogP) is 2.48. The second-order valence-corrected chi connectivity index (χ2v) is 5.03. The smallest absolute Gasteiger partial charge is 0.271 e. The summed E-state index contributed by atoms with van der Waals surface area (Å²) in [4.78, 5) is 10.6. The number of rotatable bonds is 4. The molecule has 2 aromatic heterocycles. The maximum Gasteiger partial charge on any atom is 0.271 e. The number of nitro groups is 1. The van der Waals surface area contributed by atoms with Gasteiger partial charge in [0.1, 0.15) is 12.7 Å². The third-order valence-corrected chi connectivity index (χ3v) is 3.51. The van der Waals surface area contributed by atoms with Crippen LogP contribution >= 0.6 is 0 Å². The first-order valence-electron chi connectivity index (χ1n) is 6.89. The van der Waals surface area contributed by atoms with Gasteiger partial charge in [-0.15, -0.1) is 10.2 Å². The number of non-ortho nitro benzene ring substituents is 1. The third kappa shape index (κ3) is 2.86. The molecule has 0 bridgehead atoms. The Balaban J connectivity index is 2.01. The molecule has 1 aromatic carbocycles. The SMILES string of the molecule is Cc1cc(/C=N\n2cnnc2)c(C)n1-c1cccc([N+](=O)[O-])c1. The first-order chi connectivity index (χ1) is 11.1. The van der Waals surface area contributed by atoms with Crippen LogP contribution in [0.1, 0.15) is 17.0 Å². The molecule has 0 fully saturated rings. The minimum Gasteiger partial charge on any atom is -0.318 e. The quantitative estimate of drug-likeness (QED) is 0.420. The van der Waals surface area contributed by atoms with Gasteiger partial charge in [0.05, 0.1) is 16.8 Å². The maximum atomic E-state index is 11.0. The largest absolute Gasteiger partial charge is 0.318 e. The van der Waals surface area contributed by atoms with Crippen molar-refractivity contribution in [2.24, 2.45) is 5.10 Å². The molecule has 0 amide bonds. The van der Waals surface area contributed by atoms with Gasteiger partial charge in [0.2, 0.25) is 0 Å². The van der Waals surface area contributed by atoms with Crippen LogP contribution in [0.25, 0.3) is 5.69 Å². The summed E-state index contributed by atoms with van der Waals surface area (Å²) >= 11 is 0. The fraction of sp³-hybridized carbons (Fsp3) is 0.133. The monoisotopic (exact) mass is 310 g/mol. The molecule has 0 aliphatic carbocycles. The Labute approximate surface area is 131 Å². The zero-order valence-corrected chi connectivity index (χ0v) is 12.6. The predicted molar refractivity (Wildman–Crippen MR) is 84.9 cm³/mol. The van der Waals surface area contributed by atoms with E-state index < -0.39 is 4.92 Å². The highest BCUT2D eigenvalue weighted by Crippen LogP contribution is 2.23. The van der Waals surface area contributed by atoms with E-state index >= 15 is 0 Å². The zero-order valence-electron chi connectivity index (χ0n) is 12.6. The van der Waals surface area contributed by atoms with E-state index in [-0.39, 0.29) is 5.69 Å². The molecule has 0 aliphatic heterocycles. The number of nitrogens with zero attached hydrogens (tertiary/aromatic N) is 6. The Morgan fingerprint density at radius 1 is 1.22 bits per heavy atom. The van der Waals surface area contributed by atoms with Gasteiger partial charge in [-0.3, -0.25) is 10.1 Å². The van der Waals surface area contributed by atoms with Crippen molar-refractivity contribution in [1.82, 2.24) is 19.4 Å². The molecule has 3 aromatic rings. The fourth-order valence-corrected chi connectivity index (χ4v) is 2.45.